The van der Waals surface area contributed by atoms with Crippen molar-refractivity contribution >= 4 is 10.9 Å². The number of aliphatic hydroxyl groups is 1. The molecule has 0 bridgehead atoms. The van der Waals surface area contributed by atoms with Crippen molar-refractivity contribution in [2.45, 2.75) is 26.0 Å². The summed E-state index contributed by atoms with van der Waals surface area (Å²) in [6.45, 7) is 4.24. The fourth-order valence-electron chi connectivity index (χ4n) is 2.86. The van der Waals surface area contributed by atoms with Crippen molar-refractivity contribution in [2.75, 3.05) is 0 Å². The molecule has 1 N–H and O–H groups in total. The van der Waals surface area contributed by atoms with Crippen molar-refractivity contribution in [3.8, 4) is 0 Å². The van der Waals surface area contributed by atoms with Crippen LogP contribution in [0.1, 0.15) is 31.6 Å². The molecular weight excluding hydrogens is 260 g/mol. The third kappa shape index (κ3) is 2.57. The first kappa shape index (κ1) is 13.8. The number of nitrogens with zero attached hydrogens (tertiary/aromatic N) is 2. The van der Waals surface area contributed by atoms with Gasteiger partial charge in [0.1, 0.15) is 6.10 Å². The third-order valence-electron chi connectivity index (χ3n) is 3.93. The summed E-state index contributed by atoms with van der Waals surface area (Å²) in [6, 6.07) is 17.8. The zero-order valence-corrected chi connectivity index (χ0v) is 12.3. The fraction of sp³-hybridized carbons (Fsp3) is 0.278. The first-order chi connectivity index (χ1) is 10.2. The summed E-state index contributed by atoms with van der Waals surface area (Å²) in [7, 11) is 0. The van der Waals surface area contributed by atoms with Crippen molar-refractivity contribution in [3.63, 3.8) is 0 Å². The summed E-state index contributed by atoms with van der Waals surface area (Å²) in [5.74, 6) is 0.267. The van der Waals surface area contributed by atoms with Gasteiger partial charge in [-0.3, -0.25) is 4.68 Å². The highest BCUT2D eigenvalue weighted by Gasteiger charge is 2.27. The van der Waals surface area contributed by atoms with Gasteiger partial charge in [-0.15, -0.1) is 0 Å². The van der Waals surface area contributed by atoms with E-state index < -0.39 is 6.10 Å². The molecule has 1 heterocycles. The fourth-order valence-corrected chi connectivity index (χ4v) is 2.86. The van der Waals surface area contributed by atoms with Crippen LogP contribution in [0.4, 0.5) is 0 Å². The number of rotatable bonds is 4. The molecule has 0 amide bonds. The largest absolute Gasteiger partial charge is 0.386 e. The van der Waals surface area contributed by atoms with E-state index in [2.05, 4.69) is 25.0 Å². The lowest BCUT2D eigenvalue weighted by Crippen LogP contribution is -2.23. The van der Waals surface area contributed by atoms with Crippen LogP contribution >= 0.6 is 0 Å². The van der Waals surface area contributed by atoms with E-state index >= 15 is 0 Å². The molecule has 3 heteroatoms. The van der Waals surface area contributed by atoms with Crippen LogP contribution in [-0.2, 0) is 0 Å². The second-order valence-electron chi connectivity index (χ2n) is 5.74. The first-order valence-electron chi connectivity index (χ1n) is 7.33. The standard InChI is InChI=1S/C18H20N2O/c1-13(2)17(18(21)14-8-4-3-5-9-14)20-16-11-7-6-10-15(16)12-19-20/h3-13,17-18,21H,1-2H3. The lowest BCUT2D eigenvalue weighted by molar-refractivity contribution is 0.0827. The average molecular weight is 280 g/mol. The van der Waals surface area contributed by atoms with Crippen molar-refractivity contribution < 1.29 is 5.11 Å². The molecule has 3 rings (SSSR count). The Morgan fingerprint density at radius 3 is 2.33 bits per heavy atom. The van der Waals surface area contributed by atoms with Crippen LogP contribution in [0.15, 0.2) is 60.8 Å². The minimum absolute atomic E-state index is 0.0905. The van der Waals surface area contributed by atoms with Gasteiger partial charge >= 0.3 is 0 Å². The van der Waals surface area contributed by atoms with E-state index in [1.54, 1.807) is 0 Å². The van der Waals surface area contributed by atoms with Crippen molar-refractivity contribution in [2.24, 2.45) is 5.92 Å². The van der Waals surface area contributed by atoms with Crippen molar-refractivity contribution in [1.82, 2.24) is 9.78 Å². The quantitative estimate of drug-likeness (QED) is 0.785. The smallest absolute Gasteiger partial charge is 0.102 e. The molecule has 0 radical (unpaired) electrons. The zero-order valence-electron chi connectivity index (χ0n) is 12.3. The van der Waals surface area contributed by atoms with Crippen LogP contribution < -0.4 is 0 Å². The highest BCUT2D eigenvalue weighted by Crippen LogP contribution is 2.34. The number of hydrogen-bond acceptors (Lipinski definition) is 2. The van der Waals surface area contributed by atoms with Crippen LogP contribution in [0.25, 0.3) is 10.9 Å². The van der Waals surface area contributed by atoms with Crippen LogP contribution in [0.5, 0.6) is 0 Å². The Morgan fingerprint density at radius 2 is 1.62 bits per heavy atom. The molecule has 21 heavy (non-hydrogen) atoms. The molecular formula is C18H20N2O. The van der Waals surface area contributed by atoms with Crippen LogP contribution in [-0.4, -0.2) is 14.9 Å². The second-order valence-corrected chi connectivity index (χ2v) is 5.74. The van der Waals surface area contributed by atoms with Gasteiger partial charge in [-0.05, 0) is 17.5 Å². The Bertz CT molecular complexity index is 718. The molecule has 1 aromatic heterocycles. The Labute approximate surface area is 124 Å². The van der Waals surface area contributed by atoms with Gasteiger partial charge in [-0.25, -0.2) is 0 Å². The molecule has 3 nitrogen and oxygen atoms in total. The molecule has 0 spiro atoms. The third-order valence-corrected chi connectivity index (χ3v) is 3.93. The summed E-state index contributed by atoms with van der Waals surface area (Å²) < 4.78 is 1.96. The number of hydrogen-bond donors (Lipinski definition) is 1. The Hall–Kier alpha value is -2.13. The predicted molar refractivity (Wildman–Crippen MR) is 85.0 cm³/mol. The van der Waals surface area contributed by atoms with Crippen LogP contribution in [0.2, 0.25) is 0 Å². The lowest BCUT2D eigenvalue weighted by Gasteiger charge is -2.28. The minimum Gasteiger partial charge on any atom is -0.386 e. The summed E-state index contributed by atoms with van der Waals surface area (Å²) in [6.07, 6.45) is 1.29. The van der Waals surface area contributed by atoms with E-state index in [0.717, 1.165) is 16.5 Å². The molecule has 0 saturated heterocycles. The summed E-state index contributed by atoms with van der Waals surface area (Å²) >= 11 is 0. The van der Waals surface area contributed by atoms with Gasteiger partial charge in [-0.1, -0.05) is 62.4 Å². The summed E-state index contributed by atoms with van der Waals surface area (Å²) in [4.78, 5) is 0. The highest BCUT2D eigenvalue weighted by atomic mass is 16.3. The van der Waals surface area contributed by atoms with Crippen molar-refractivity contribution in [1.29, 1.82) is 0 Å². The maximum absolute atomic E-state index is 10.8. The van der Waals surface area contributed by atoms with Gasteiger partial charge in [0.25, 0.3) is 0 Å². The molecule has 2 unspecified atom stereocenters. The van der Waals surface area contributed by atoms with Gasteiger partial charge < -0.3 is 5.11 Å². The maximum Gasteiger partial charge on any atom is 0.102 e. The number of aromatic nitrogens is 2. The number of aliphatic hydroxyl groups excluding tert-OH is 1. The van der Waals surface area contributed by atoms with Crippen molar-refractivity contribution in [3.05, 3.63) is 66.4 Å². The molecule has 0 fully saturated rings. The van der Waals surface area contributed by atoms with E-state index in [9.17, 15) is 5.11 Å². The van der Waals surface area contributed by atoms with E-state index in [4.69, 9.17) is 0 Å². The van der Waals surface area contributed by atoms with Gasteiger partial charge in [0.05, 0.1) is 17.8 Å². The van der Waals surface area contributed by atoms with Crippen LogP contribution in [0.3, 0.4) is 0 Å². The number of para-hydroxylation sites is 1. The predicted octanol–water partition coefficient (Wildman–Crippen LogP) is 3.97. The normalized spacial score (nSPS) is 14.5. The Balaban J connectivity index is 2.06. The molecule has 108 valence electrons. The first-order valence-corrected chi connectivity index (χ1v) is 7.33. The number of benzene rings is 2. The minimum atomic E-state index is -0.575. The van der Waals surface area contributed by atoms with Gasteiger partial charge in [0.2, 0.25) is 0 Å². The average Bonchev–Trinajstić information content (AvgIpc) is 2.92. The second kappa shape index (κ2) is 5.70. The lowest BCUT2D eigenvalue weighted by atomic mass is 9.93. The summed E-state index contributed by atoms with van der Waals surface area (Å²) in [5, 5.41) is 16.4. The van der Waals surface area contributed by atoms with Gasteiger partial charge in [-0.2, -0.15) is 5.10 Å². The van der Waals surface area contributed by atoms with Gasteiger partial charge in [0.15, 0.2) is 0 Å². The van der Waals surface area contributed by atoms with E-state index in [1.165, 1.54) is 0 Å². The molecule has 3 aromatic rings. The number of fused-ring (bicyclic) bond motifs is 1. The topological polar surface area (TPSA) is 38.0 Å². The molecule has 2 atom stereocenters. The summed E-state index contributed by atoms with van der Waals surface area (Å²) in [5.41, 5.74) is 1.99. The molecule has 2 aromatic carbocycles. The highest BCUT2D eigenvalue weighted by molar-refractivity contribution is 5.78. The molecule has 0 aliphatic rings. The van der Waals surface area contributed by atoms with E-state index in [1.807, 2.05) is 59.4 Å². The zero-order chi connectivity index (χ0) is 14.8. The maximum atomic E-state index is 10.8. The van der Waals surface area contributed by atoms with E-state index in [0.29, 0.717) is 0 Å². The van der Waals surface area contributed by atoms with E-state index in [-0.39, 0.29) is 12.0 Å². The Kier molecular flexibility index (Phi) is 3.76. The van der Waals surface area contributed by atoms with Gasteiger partial charge in [0, 0.05) is 5.39 Å². The monoisotopic (exact) mass is 280 g/mol. The van der Waals surface area contributed by atoms with Crippen LogP contribution in [0, 0.1) is 5.92 Å². The Morgan fingerprint density at radius 1 is 0.952 bits per heavy atom. The molecule has 0 aliphatic heterocycles. The molecule has 0 aliphatic carbocycles. The molecule has 0 saturated carbocycles. The SMILES string of the molecule is CC(C)C(C(O)c1ccccc1)n1ncc2ccccc21.